The van der Waals surface area contributed by atoms with Gasteiger partial charge in [0.2, 0.25) is 0 Å². The van der Waals surface area contributed by atoms with Gasteiger partial charge in [0.15, 0.2) is 0 Å². The highest BCUT2D eigenvalue weighted by molar-refractivity contribution is 4.66. The van der Waals surface area contributed by atoms with E-state index in [1.54, 1.807) is 0 Å². The van der Waals surface area contributed by atoms with Crippen molar-refractivity contribution in [1.82, 2.24) is 0 Å². The fourth-order valence-electron chi connectivity index (χ4n) is 2.50. The van der Waals surface area contributed by atoms with Crippen LogP contribution in [0.5, 0.6) is 0 Å². The molecule has 0 spiro atoms. The molecule has 19 heavy (non-hydrogen) atoms. The molecule has 0 saturated carbocycles. The summed E-state index contributed by atoms with van der Waals surface area (Å²) in [5.41, 5.74) is 0. The third-order valence-electron chi connectivity index (χ3n) is 3.84. The Labute approximate surface area is 121 Å². The molecule has 0 aromatic carbocycles. The van der Waals surface area contributed by atoms with Gasteiger partial charge in [0, 0.05) is 0 Å². The minimum atomic E-state index is -0.0608. The Morgan fingerprint density at radius 3 is 1.79 bits per heavy atom. The molecule has 0 amide bonds. The van der Waals surface area contributed by atoms with E-state index in [9.17, 15) is 5.11 Å². The lowest BCUT2D eigenvalue weighted by atomic mass is 10.0. The summed E-state index contributed by atoms with van der Waals surface area (Å²) in [5.74, 6) is 0. The Hall–Kier alpha value is -0.300. The van der Waals surface area contributed by atoms with Gasteiger partial charge in [-0.15, -0.1) is 6.58 Å². The van der Waals surface area contributed by atoms with Crippen molar-refractivity contribution >= 4 is 0 Å². The molecule has 0 aromatic heterocycles. The van der Waals surface area contributed by atoms with Crippen LogP contribution >= 0.6 is 0 Å². The maximum absolute atomic E-state index is 9.82. The molecular weight excluding hydrogens is 232 g/mol. The average molecular weight is 268 g/mol. The molecular formula is C18H36O. The SMILES string of the molecule is C=CCCCCC(O)CCCCCCCCCCC. The van der Waals surface area contributed by atoms with Crippen LogP contribution in [0.4, 0.5) is 0 Å². The molecule has 1 N–H and O–H groups in total. The predicted molar refractivity (Wildman–Crippen MR) is 86.5 cm³/mol. The molecule has 0 radical (unpaired) electrons. The lowest BCUT2D eigenvalue weighted by molar-refractivity contribution is 0.147. The van der Waals surface area contributed by atoms with Gasteiger partial charge in [-0.05, 0) is 25.7 Å². The number of unbranched alkanes of at least 4 members (excludes halogenated alkanes) is 10. The van der Waals surface area contributed by atoms with Crippen LogP contribution in [0, 0.1) is 0 Å². The molecule has 1 unspecified atom stereocenters. The number of hydrogen-bond acceptors (Lipinski definition) is 1. The summed E-state index contributed by atoms with van der Waals surface area (Å²) >= 11 is 0. The fraction of sp³-hybridized carbons (Fsp3) is 0.889. The second-order valence-electron chi connectivity index (χ2n) is 5.84. The molecule has 0 fully saturated rings. The molecule has 0 rings (SSSR count). The van der Waals surface area contributed by atoms with Gasteiger partial charge >= 0.3 is 0 Å². The second kappa shape index (κ2) is 15.8. The Morgan fingerprint density at radius 1 is 0.789 bits per heavy atom. The molecule has 0 aliphatic heterocycles. The maximum atomic E-state index is 9.82. The van der Waals surface area contributed by atoms with Crippen molar-refractivity contribution in [2.24, 2.45) is 0 Å². The molecule has 0 aliphatic carbocycles. The first-order valence-corrected chi connectivity index (χ1v) is 8.60. The number of allylic oxidation sites excluding steroid dienone is 1. The third-order valence-corrected chi connectivity index (χ3v) is 3.84. The standard InChI is InChI=1S/C18H36O/c1-3-5-7-9-10-11-12-13-15-17-18(19)16-14-8-6-4-2/h4,18-19H,2-3,5-17H2,1H3. The number of aliphatic hydroxyl groups excluding tert-OH is 1. The highest BCUT2D eigenvalue weighted by Gasteiger charge is 2.03. The fourth-order valence-corrected chi connectivity index (χ4v) is 2.50. The van der Waals surface area contributed by atoms with Crippen LogP contribution in [-0.4, -0.2) is 11.2 Å². The van der Waals surface area contributed by atoms with Crippen molar-refractivity contribution in [2.45, 2.75) is 103 Å². The Balaban J connectivity index is 3.09. The Kier molecular flexibility index (Phi) is 15.5. The topological polar surface area (TPSA) is 20.2 Å². The van der Waals surface area contributed by atoms with E-state index in [0.29, 0.717) is 0 Å². The zero-order chi connectivity index (χ0) is 14.2. The van der Waals surface area contributed by atoms with Gasteiger partial charge in [-0.2, -0.15) is 0 Å². The zero-order valence-electron chi connectivity index (χ0n) is 13.2. The van der Waals surface area contributed by atoms with E-state index in [1.165, 1.54) is 64.2 Å². The first kappa shape index (κ1) is 18.7. The summed E-state index contributed by atoms with van der Waals surface area (Å²) in [6.07, 6.45) is 19.5. The van der Waals surface area contributed by atoms with Gasteiger partial charge in [0.05, 0.1) is 6.10 Å². The highest BCUT2D eigenvalue weighted by Crippen LogP contribution is 2.13. The van der Waals surface area contributed by atoms with Crippen LogP contribution in [-0.2, 0) is 0 Å². The molecule has 0 heterocycles. The molecule has 0 aliphatic rings. The van der Waals surface area contributed by atoms with E-state index in [-0.39, 0.29) is 6.10 Å². The summed E-state index contributed by atoms with van der Waals surface area (Å²) in [5, 5.41) is 9.82. The van der Waals surface area contributed by atoms with Gasteiger partial charge in [0.25, 0.3) is 0 Å². The van der Waals surface area contributed by atoms with E-state index in [4.69, 9.17) is 0 Å². The van der Waals surface area contributed by atoms with Crippen LogP contribution in [0.25, 0.3) is 0 Å². The van der Waals surface area contributed by atoms with Crippen LogP contribution in [0.2, 0.25) is 0 Å². The zero-order valence-corrected chi connectivity index (χ0v) is 13.2. The average Bonchev–Trinajstić information content (AvgIpc) is 2.42. The van der Waals surface area contributed by atoms with Crippen LogP contribution < -0.4 is 0 Å². The molecule has 1 heteroatoms. The van der Waals surface area contributed by atoms with Gasteiger partial charge in [-0.1, -0.05) is 77.2 Å². The molecule has 114 valence electrons. The lowest BCUT2D eigenvalue weighted by Crippen LogP contribution is -2.05. The largest absolute Gasteiger partial charge is 0.393 e. The normalized spacial score (nSPS) is 12.5. The van der Waals surface area contributed by atoms with Crippen LogP contribution in [0.3, 0.4) is 0 Å². The molecule has 0 aromatic rings. The molecule has 1 nitrogen and oxygen atoms in total. The third kappa shape index (κ3) is 15.6. The van der Waals surface area contributed by atoms with Crippen molar-refractivity contribution < 1.29 is 5.11 Å². The molecule has 0 saturated heterocycles. The van der Waals surface area contributed by atoms with E-state index < -0.39 is 0 Å². The van der Waals surface area contributed by atoms with Gasteiger partial charge in [-0.25, -0.2) is 0 Å². The first-order chi connectivity index (χ1) is 9.31. The van der Waals surface area contributed by atoms with Crippen molar-refractivity contribution in [2.75, 3.05) is 0 Å². The Morgan fingerprint density at radius 2 is 1.26 bits per heavy atom. The van der Waals surface area contributed by atoms with Crippen molar-refractivity contribution in [3.05, 3.63) is 12.7 Å². The summed E-state index contributed by atoms with van der Waals surface area (Å²) in [7, 11) is 0. The maximum Gasteiger partial charge on any atom is 0.0540 e. The summed E-state index contributed by atoms with van der Waals surface area (Å²) in [6.45, 7) is 5.98. The van der Waals surface area contributed by atoms with Crippen LogP contribution in [0.15, 0.2) is 12.7 Å². The number of rotatable bonds is 15. The van der Waals surface area contributed by atoms with Gasteiger partial charge < -0.3 is 5.11 Å². The molecule has 1 atom stereocenters. The minimum absolute atomic E-state index is 0.0608. The monoisotopic (exact) mass is 268 g/mol. The Bertz CT molecular complexity index is 177. The van der Waals surface area contributed by atoms with Crippen molar-refractivity contribution in [1.29, 1.82) is 0 Å². The van der Waals surface area contributed by atoms with Gasteiger partial charge in [0.1, 0.15) is 0 Å². The second-order valence-corrected chi connectivity index (χ2v) is 5.84. The summed E-state index contributed by atoms with van der Waals surface area (Å²) < 4.78 is 0. The number of aliphatic hydroxyl groups is 1. The quantitative estimate of drug-likeness (QED) is 0.284. The van der Waals surface area contributed by atoms with E-state index in [0.717, 1.165) is 25.7 Å². The smallest absolute Gasteiger partial charge is 0.0540 e. The van der Waals surface area contributed by atoms with Crippen LogP contribution in [0.1, 0.15) is 96.8 Å². The number of hydrogen-bond donors (Lipinski definition) is 1. The summed E-state index contributed by atoms with van der Waals surface area (Å²) in [4.78, 5) is 0. The van der Waals surface area contributed by atoms with Crippen molar-refractivity contribution in [3.8, 4) is 0 Å². The summed E-state index contributed by atoms with van der Waals surface area (Å²) in [6, 6.07) is 0. The molecule has 0 bridgehead atoms. The highest BCUT2D eigenvalue weighted by atomic mass is 16.3. The van der Waals surface area contributed by atoms with Gasteiger partial charge in [-0.3, -0.25) is 0 Å². The van der Waals surface area contributed by atoms with E-state index >= 15 is 0 Å². The van der Waals surface area contributed by atoms with E-state index in [2.05, 4.69) is 13.5 Å². The lowest BCUT2D eigenvalue weighted by Gasteiger charge is -2.09. The minimum Gasteiger partial charge on any atom is -0.393 e. The predicted octanol–water partition coefficient (Wildman–Crippen LogP) is 6.01. The van der Waals surface area contributed by atoms with E-state index in [1.807, 2.05) is 6.08 Å². The first-order valence-electron chi connectivity index (χ1n) is 8.60. The van der Waals surface area contributed by atoms with Crippen molar-refractivity contribution in [3.63, 3.8) is 0 Å².